The monoisotopic (exact) mass is 176 g/mol. The van der Waals surface area contributed by atoms with Crippen molar-refractivity contribution in [3.05, 3.63) is 36.3 Å². The van der Waals surface area contributed by atoms with Crippen molar-refractivity contribution in [3.63, 3.8) is 0 Å². The van der Waals surface area contributed by atoms with Gasteiger partial charge in [0.15, 0.2) is 0 Å². The summed E-state index contributed by atoms with van der Waals surface area (Å²) in [6.07, 6.45) is 5.00. The van der Waals surface area contributed by atoms with Gasteiger partial charge in [0.25, 0.3) is 0 Å². The van der Waals surface area contributed by atoms with Gasteiger partial charge in [-0.3, -0.25) is 0 Å². The Hall–Kier alpha value is -1.31. The lowest BCUT2D eigenvalue weighted by Gasteiger charge is -1.95. The molecule has 0 unspecified atom stereocenters. The van der Waals surface area contributed by atoms with E-state index in [1.807, 2.05) is 44.4 Å². The maximum atomic E-state index is 4.25. The SMILES string of the molecule is CC.CCc1cnc2ccccn12. The zero-order valence-corrected chi connectivity index (χ0v) is 8.49. The standard InChI is InChI=1S/C9H10N2.C2H6/c1-2-8-7-10-9-5-3-4-6-11(8)9;1-2/h3-7H,2H2,1H3;1-2H3. The summed E-state index contributed by atoms with van der Waals surface area (Å²) in [7, 11) is 0. The smallest absolute Gasteiger partial charge is 0.136 e. The molecule has 0 spiro atoms. The van der Waals surface area contributed by atoms with E-state index >= 15 is 0 Å². The second-order valence-corrected chi connectivity index (χ2v) is 2.53. The van der Waals surface area contributed by atoms with Gasteiger partial charge in [-0.25, -0.2) is 4.98 Å². The van der Waals surface area contributed by atoms with Crippen LogP contribution in [0.25, 0.3) is 5.65 Å². The van der Waals surface area contributed by atoms with Crippen LogP contribution >= 0.6 is 0 Å². The van der Waals surface area contributed by atoms with Crippen molar-refractivity contribution < 1.29 is 0 Å². The van der Waals surface area contributed by atoms with Gasteiger partial charge < -0.3 is 4.40 Å². The first-order chi connectivity index (χ1) is 6.42. The zero-order valence-electron chi connectivity index (χ0n) is 8.49. The average molecular weight is 176 g/mol. The van der Waals surface area contributed by atoms with Gasteiger partial charge in [0.1, 0.15) is 5.65 Å². The van der Waals surface area contributed by atoms with Crippen LogP contribution in [0.15, 0.2) is 30.6 Å². The Morgan fingerprint density at radius 1 is 1.31 bits per heavy atom. The summed E-state index contributed by atoms with van der Waals surface area (Å²) >= 11 is 0. The molecule has 2 heteroatoms. The van der Waals surface area contributed by atoms with Crippen molar-refractivity contribution in [2.24, 2.45) is 0 Å². The number of aromatic nitrogens is 2. The molecule has 2 rings (SSSR count). The fraction of sp³-hybridized carbons (Fsp3) is 0.364. The summed E-state index contributed by atoms with van der Waals surface area (Å²) in [5, 5.41) is 0. The van der Waals surface area contributed by atoms with Gasteiger partial charge in [-0.05, 0) is 18.6 Å². The number of pyridine rings is 1. The van der Waals surface area contributed by atoms with Crippen molar-refractivity contribution in [1.82, 2.24) is 9.38 Å². The quantitative estimate of drug-likeness (QED) is 0.653. The molecule has 13 heavy (non-hydrogen) atoms. The molecule has 0 aromatic carbocycles. The molecule has 0 atom stereocenters. The largest absolute Gasteiger partial charge is 0.304 e. The first-order valence-electron chi connectivity index (χ1n) is 4.83. The summed E-state index contributed by atoms with van der Waals surface area (Å²) < 4.78 is 2.11. The third-order valence-corrected chi connectivity index (χ3v) is 1.86. The van der Waals surface area contributed by atoms with Gasteiger partial charge in [-0.1, -0.05) is 26.8 Å². The van der Waals surface area contributed by atoms with Crippen molar-refractivity contribution >= 4 is 5.65 Å². The average Bonchev–Trinajstić information content (AvgIpc) is 2.64. The van der Waals surface area contributed by atoms with Crippen molar-refractivity contribution in [3.8, 4) is 0 Å². The first-order valence-corrected chi connectivity index (χ1v) is 4.83. The minimum atomic E-state index is 1.03. The Balaban J connectivity index is 0.000000396. The molecule has 0 fully saturated rings. The van der Waals surface area contributed by atoms with Crippen LogP contribution in [0.3, 0.4) is 0 Å². The molecule has 70 valence electrons. The van der Waals surface area contributed by atoms with E-state index in [1.54, 1.807) is 0 Å². The minimum Gasteiger partial charge on any atom is -0.304 e. The van der Waals surface area contributed by atoms with Gasteiger partial charge in [-0.15, -0.1) is 0 Å². The van der Waals surface area contributed by atoms with Crippen molar-refractivity contribution in [1.29, 1.82) is 0 Å². The van der Waals surface area contributed by atoms with Gasteiger partial charge in [0, 0.05) is 18.1 Å². The lowest BCUT2D eigenvalue weighted by molar-refractivity contribution is 0.995. The van der Waals surface area contributed by atoms with Gasteiger partial charge in [0.05, 0.1) is 0 Å². The Morgan fingerprint density at radius 2 is 2.08 bits per heavy atom. The highest BCUT2D eigenvalue weighted by atomic mass is 15.0. The van der Waals surface area contributed by atoms with E-state index in [9.17, 15) is 0 Å². The molecule has 0 saturated heterocycles. The predicted octanol–water partition coefficient (Wildman–Crippen LogP) is 2.92. The van der Waals surface area contributed by atoms with Crippen molar-refractivity contribution in [2.45, 2.75) is 27.2 Å². The van der Waals surface area contributed by atoms with E-state index in [2.05, 4.69) is 16.3 Å². The van der Waals surface area contributed by atoms with E-state index in [4.69, 9.17) is 0 Å². The van der Waals surface area contributed by atoms with Crippen LogP contribution in [-0.2, 0) is 6.42 Å². The zero-order chi connectivity index (χ0) is 9.68. The molecule has 0 aliphatic rings. The Bertz CT molecular complexity index is 363. The Morgan fingerprint density at radius 3 is 2.77 bits per heavy atom. The highest BCUT2D eigenvalue weighted by Gasteiger charge is 1.97. The molecule has 0 radical (unpaired) electrons. The normalized spacial score (nSPS) is 9.46. The van der Waals surface area contributed by atoms with Crippen LogP contribution in [0.1, 0.15) is 26.5 Å². The molecule has 2 aromatic heterocycles. The Labute approximate surface area is 79.2 Å². The molecule has 0 saturated carbocycles. The summed E-state index contributed by atoms with van der Waals surface area (Å²) in [4.78, 5) is 4.25. The molecule has 0 aliphatic heterocycles. The third kappa shape index (κ3) is 1.89. The molecular formula is C11H16N2. The molecule has 0 aliphatic carbocycles. The highest BCUT2D eigenvalue weighted by molar-refractivity contribution is 5.39. The fourth-order valence-electron chi connectivity index (χ4n) is 1.25. The van der Waals surface area contributed by atoms with Crippen LogP contribution in [-0.4, -0.2) is 9.38 Å². The van der Waals surface area contributed by atoms with Crippen LogP contribution in [0, 0.1) is 0 Å². The summed E-state index contributed by atoms with van der Waals surface area (Å²) in [6.45, 7) is 6.14. The number of rotatable bonds is 1. The fourth-order valence-corrected chi connectivity index (χ4v) is 1.25. The summed E-state index contributed by atoms with van der Waals surface area (Å²) in [6, 6.07) is 6.04. The number of fused-ring (bicyclic) bond motifs is 1. The van der Waals surface area contributed by atoms with Crippen LogP contribution < -0.4 is 0 Å². The van der Waals surface area contributed by atoms with E-state index < -0.39 is 0 Å². The van der Waals surface area contributed by atoms with E-state index in [0.29, 0.717) is 0 Å². The maximum absolute atomic E-state index is 4.25. The topological polar surface area (TPSA) is 17.3 Å². The lowest BCUT2D eigenvalue weighted by atomic mass is 10.4. The second kappa shape index (κ2) is 4.65. The highest BCUT2D eigenvalue weighted by Crippen LogP contribution is 2.05. The van der Waals surface area contributed by atoms with Crippen molar-refractivity contribution in [2.75, 3.05) is 0 Å². The number of nitrogens with zero attached hydrogens (tertiary/aromatic N) is 2. The number of imidazole rings is 1. The van der Waals surface area contributed by atoms with Crippen LogP contribution in [0.4, 0.5) is 0 Å². The molecule has 2 aromatic rings. The minimum absolute atomic E-state index is 1.03. The van der Waals surface area contributed by atoms with Gasteiger partial charge in [0.2, 0.25) is 0 Å². The van der Waals surface area contributed by atoms with E-state index in [-0.39, 0.29) is 0 Å². The number of hydrogen-bond donors (Lipinski definition) is 0. The molecule has 0 bridgehead atoms. The molecule has 0 amide bonds. The number of hydrogen-bond acceptors (Lipinski definition) is 1. The molecule has 2 heterocycles. The van der Waals surface area contributed by atoms with Crippen LogP contribution in [0.5, 0.6) is 0 Å². The second-order valence-electron chi connectivity index (χ2n) is 2.53. The van der Waals surface area contributed by atoms with Gasteiger partial charge >= 0.3 is 0 Å². The Kier molecular flexibility index (Phi) is 3.50. The predicted molar refractivity (Wildman–Crippen MR) is 55.9 cm³/mol. The van der Waals surface area contributed by atoms with E-state index in [0.717, 1.165) is 12.1 Å². The summed E-state index contributed by atoms with van der Waals surface area (Å²) in [5.74, 6) is 0. The lowest BCUT2D eigenvalue weighted by Crippen LogP contribution is -1.88. The first kappa shape index (κ1) is 9.78. The van der Waals surface area contributed by atoms with Crippen LogP contribution in [0.2, 0.25) is 0 Å². The third-order valence-electron chi connectivity index (χ3n) is 1.86. The number of aryl methyl sites for hydroxylation is 1. The maximum Gasteiger partial charge on any atom is 0.136 e. The molecular weight excluding hydrogens is 160 g/mol. The molecule has 0 N–H and O–H groups in total. The van der Waals surface area contributed by atoms with E-state index in [1.165, 1.54) is 5.69 Å². The summed E-state index contributed by atoms with van der Waals surface area (Å²) in [5.41, 5.74) is 2.30. The molecule has 2 nitrogen and oxygen atoms in total. The van der Waals surface area contributed by atoms with Gasteiger partial charge in [-0.2, -0.15) is 0 Å².